The number of hydrogen-bond acceptors (Lipinski definition) is 5. The highest BCUT2D eigenvalue weighted by atomic mass is 16.5. The fraction of sp³-hybridized carbons (Fsp3) is 0.909. The smallest absolute Gasteiger partial charge is 0.164 e. The van der Waals surface area contributed by atoms with E-state index in [1.165, 1.54) is 77.0 Å². The third kappa shape index (κ3) is 21.7. The Morgan fingerprint density at radius 2 is 1.00 bits per heavy atom. The first-order chi connectivity index (χ1) is 13.1. The SMILES string of the molecule is CCCCCCCC/C=C\CCCCCCCCN(CC(O)O)CC(O)O. The molecule has 0 aromatic carbocycles. The third-order valence-corrected chi connectivity index (χ3v) is 4.83. The van der Waals surface area contributed by atoms with E-state index < -0.39 is 12.6 Å². The molecule has 5 heteroatoms. The van der Waals surface area contributed by atoms with Crippen molar-refractivity contribution in [1.82, 2.24) is 4.90 Å². The van der Waals surface area contributed by atoms with E-state index in [-0.39, 0.29) is 13.1 Å². The Morgan fingerprint density at radius 3 is 1.44 bits per heavy atom. The highest BCUT2D eigenvalue weighted by molar-refractivity contribution is 4.81. The number of hydrogen-bond donors (Lipinski definition) is 4. The molecule has 0 aromatic heterocycles. The number of aliphatic hydroxyl groups excluding tert-OH is 2. The van der Waals surface area contributed by atoms with Gasteiger partial charge < -0.3 is 20.4 Å². The van der Waals surface area contributed by atoms with Crippen molar-refractivity contribution in [2.75, 3.05) is 19.6 Å². The second-order valence-corrected chi connectivity index (χ2v) is 7.66. The van der Waals surface area contributed by atoms with Gasteiger partial charge in [0, 0.05) is 13.1 Å². The summed E-state index contributed by atoms with van der Waals surface area (Å²) in [4.78, 5) is 1.68. The van der Waals surface area contributed by atoms with Crippen molar-refractivity contribution in [2.45, 2.75) is 109 Å². The van der Waals surface area contributed by atoms with Gasteiger partial charge in [0.25, 0.3) is 0 Å². The lowest BCUT2D eigenvalue weighted by atomic mass is 10.1. The Hall–Kier alpha value is -0.460. The molecule has 0 aromatic rings. The summed E-state index contributed by atoms with van der Waals surface area (Å²) in [6.45, 7) is 3.04. The minimum absolute atomic E-state index is 0.0582. The number of allylic oxidation sites excluding steroid dienone is 2. The van der Waals surface area contributed by atoms with Gasteiger partial charge in [-0.1, -0.05) is 76.9 Å². The molecule has 162 valence electrons. The van der Waals surface area contributed by atoms with Gasteiger partial charge in [0.2, 0.25) is 0 Å². The van der Waals surface area contributed by atoms with Crippen LogP contribution in [0.1, 0.15) is 96.8 Å². The maximum atomic E-state index is 9.02. The van der Waals surface area contributed by atoms with Crippen LogP contribution in [0, 0.1) is 0 Å². The quantitative estimate of drug-likeness (QED) is 0.144. The summed E-state index contributed by atoms with van der Waals surface area (Å²) in [5, 5.41) is 36.1. The first-order valence-corrected chi connectivity index (χ1v) is 11.2. The Balaban J connectivity index is 3.39. The van der Waals surface area contributed by atoms with E-state index in [1.54, 1.807) is 4.90 Å². The number of nitrogens with zero attached hydrogens (tertiary/aromatic N) is 1. The molecule has 0 atom stereocenters. The molecule has 0 saturated carbocycles. The molecule has 0 amide bonds. The fourth-order valence-electron chi connectivity index (χ4n) is 3.30. The molecule has 0 unspecified atom stereocenters. The predicted molar refractivity (Wildman–Crippen MR) is 112 cm³/mol. The maximum Gasteiger partial charge on any atom is 0.164 e. The first-order valence-electron chi connectivity index (χ1n) is 11.2. The molecule has 27 heavy (non-hydrogen) atoms. The summed E-state index contributed by atoms with van der Waals surface area (Å²) < 4.78 is 0. The summed E-state index contributed by atoms with van der Waals surface area (Å²) in [7, 11) is 0. The van der Waals surface area contributed by atoms with Crippen LogP contribution in [-0.2, 0) is 0 Å². The lowest BCUT2D eigenvalue weighted by Gasteiger charge is -2.23. The molecular formula is C22H45NO4. The second kappa shape index (κ2) is 20.3. The van der Waals surface area contributed by atoms with E-state index in [0.29, 0.717) is 6.54 Å². The lowest BCUT2D eigenvalue weighted by molar-refractivity contribution is -0.0946. The molecule has 0 heterocycles. The van der Waals surface area contributed by atoms with Crippen molar-refractivity contribution in [1.29, 1.82) is 0 Å². The zero-order chi connectivity index (χ0) is 20.2. The van der Waals surface area contributed by atoms with Gasteiger partial charge in [-0.25, -0.2) is 0 Å². The van der Waals surface area contributed by atoms with Gasteiger partial charge in [-0.2, -0.15) is 0 Å². The van der Waals surface area contributed by atoms with Crippen LogP contribution in [-0.4, -0.2) is 57.5 Å². The van der Waals surface area contributed by atoms with E-state index in [2.05, 4.69) is 19.1 Å². The molecule has 0 radical (unpaired) electrons. The highest BCUT2D eigenvalue weighted by Crippen LogP contribution is 2.10. The van der Waals surface area contributed by atoms with Crippen molar-refractivity contribution in [3.8, 4) is 0 Å². The van der Waals surface area contributed by atoms with Gasteiger partial charge >= 0.3 is 0 Å². The van der Waals surface area contributed by atoms with Crippen molar-refractivity contribution in [3.63, 3.8) is 0 Å². The zero-order valence-electron chi connectivity index (χ0n) is 17.6. The van der Waals surface area contributed by atoms with Crippen LogP contribution in [0.25, 0.3) is 0 Å². The van der Waals surface area contributed by atoms with E-state index in [4.69, 9.17) is 20.4 Å². The summed E-state index contributed by atoms with van der Waals surface area (Å²) in [6.07, 6.45) is 19.4. The lowest BCUT2D eigenvalue weighted by Crippen LogP contribution is -2.38. The minimum atomic E-state index is -1.43. The Morgan fingerprint density at radius 1 is 0.593 bits per heavy atom. The fourth-order valence-corrected chi connectivity index (χ4v) is 3.30. The largest absolute Gasteiger partial charge is 0.367 e. The molecule has 0 aliphatic carbocycles. The molecule has 0 aliphatic heterocycles. The summed E-state index contributed by atoms with van der Waals surface area (Å²) >= 11 is 0. The van der Waals surface area contributed by atoms with Crippen LogP contribution in [0.4, 0.5) is 0 Å². The number of unbranched alkanes of at least 4 members (excludes halogenated alkanes) is 12. The van der Waals surface area contributed by atoms with Gasteiger partial charge in [-0.15, -0.1) is 0 Å². The summed E-state index contributed by atoms with van der Waals surface area (Å²) in [5.41, 5.74) is 0. The van der Waals surface area contributed by atoms with Gasteiger partial charge in [0.1, 0.15) is 0 Å². The van der Waals surface area contributed by atoms with Crippen LogP contribution in [0.3, 0.4) is 0 Å². The summed E-state index contributed by atoms with van der Waals surface area (Å²) in [5.74, 6) is 0. The third-order valence-electron chi connectivity index (χ3n) is 4.83. The maximum absolute atomic E-state index is 9.02. The summed E-state index contributed by atoms with van der Waals surface area (Å²) in [6, 6.07) is 0. The van der Waals surface area contributed by atoms with E-state index >= 15 is 0 Å². The van der Waals surface area contributed by atoms with Crippen molar-refractivity contribution < 1.29 is 20.4 Å². The van der Waals surface area contributed by atoms with E-state index in [1.807, 2.05) is 0 Å². The highest BCUT2D eigenvalue weighted by Gasteiger charge is 2.12. The van der Waals surface area contributed by atoms with Gasteiger partial charge in [0.15, 0.2) is 12.6 Å². The Labute approximate surface area is 167 Å². The van der Waals surface area contributed by atoms with Crippen molar-refractivity contribution in [2.24, 2.45) is 0 Å². The predicted octanol–water partition coefficient (Wildman–Crippen LogP) is 3.95. The molecule has 4 N–H and O–H groups in total. The van der Waals surface area contributed by atoms with Gasteiger partial charge in [0.05, 0.1) is 0 Å². The average Bonchev–Trinajstić information content (AvgIpc) is 2.60. The molecule has 0 bridgehead atoms. The molecule has 5 nitrogen and oxygen atoms in total. The van der Waals surface area contributed by atoms with Crippen LogP contribution in [0.15, 0.2) is 12.2 Å². The normalized spacial score (nSPS) is 12.3. The van der Waals surface area contributed by atoms with Crippen molar-refractivity contribution in [3.05, 3.63) is 12.2 Å². The van der Waals surface area contributed by atoms with Crippen LogP contribution in [0.2, 0.25) is 0 Å². The Kier molecular flexibility index (Phi) is 19.9. The first kappa shape index (κ1) is 26.5. The topological polar surface area (TPSA) is 84.2 Å². The van der Waals surface area contributed by atoms with Gasteiger partial charge in [-0.05, 0) is 38.6 Å². The van der Waals surface area contributed by atoms with E-state index in [9.17, 15) is 0 Å². The van der Waals surface area contributed by atoms with Crippen LogP contribution in [0.5, 0.6) is 0 Å². The average molecular weight is 388 g/mol. The number of aliphatic hydroxyl groups is 4. The monoisotopic (exact) mass is 387 g/mol. The molecule has 0 saturated heterocycles. The molecular weight excluding hydrogens is 342 g/mol. The molecule has 0 fully saturated rings. The minimum Gasteiger partial charge on any atom is -0.367 e. The van der Waals surface area contributed by atoms with Crippen molar-refractivity contribution >= 4 is 0 Å². The Bertz CT molecular complexity index is 311. The van der Waals surface area contributed by atoms with E-state index in [0.717, 1.165) is 12.8 Å². The second-order valence-electron chi connectivity index (χ2n) is 7.66. The van der Waals surface area contributed by atoms with Crippen LogP contribution >= 0.6 is 0 Å². The molecule has 0 rings (SSSR count). The molecule has 0 aliphatic rings. The van der Waals surface area contributed by atoms with Gasteiger partial charge in [-0.3, -0.25) is 4.90 Å². The zero-order valence-corrected chi connectivity index (χ0v) is 17.6. The number of rotatable bonds is 20. The standard InChI is InChI=1S/C22H45NO4/c1-2-3-4-5-6-7-8-9-10-11-12-13-14-15-16-17-18-23(19-21(24)25)20-22(26)27/h9-10,21-22,24-27H,2-8,11-20H2,1H3/b10-9-. The molecule has 0 spiro atoms. The van der Waals surface area contributed by atoms with Crippen LogP contribution < -0.4 is 0 Å².